The molecule has 0 saturated carbocycles. The Morgan fingerprint density at radius 3 is 2.91 bits per heavy atom. The fourth-order valence-electron chi connectivity index (χ4n) is 2.07. The summed E-state index contributed by atoms with van der Waals surface area (Å²) in [6, 6.07) is 7.34. The van der Waals surface area contributed by atoms with E-state index in [-0.39, 0.29) is 12.3 Å². The number of hydrogen-bond donors (Lipinski definition) is 1. The predicted molar refractivity (Wildman–Crippen MR) is 81.1 cm³/mol. The number of carbonyl (C=O) groups is 1. The monoisotopic (exact) mass is 312 g/mol. The minimum Gasteiger partial charge on any atom is -0.469 e. The highest BCUT2D eigenvalue weighted by Gasteiger charge is 2.13. The molecule has 0 bridgehead atoms. The lowest BCUT2D eigenvalue weighted by atomic mass is 10.2. The van der Waals surface area contributed by atoms with Crippen molar-refractivity contribution in [2.45, 2.75) is 26.3 Å². The largest absolute Gasteiger partial charge is 0.469 e. The summed E-state index contributed by atoms with van der Waals surface area (Å²) < 4.78 is 10.8. The van der Waals surface area contributed by atoms with E-state index in [1.54, 1.807) is 18.5 Å². The molecule has 0 aliphatic carbocycles. The molecule has 118 valence electrons. The minimum absolute atomic E-state index is 0.0881. The number of furan rings is 1. The van der Waals surface area contributed by atoms with Gasteiger partial charge in [0.15, 0.2) is 0 Å². The average molecular weight is 312 g/mol. The number of carbonyl (C=O) groups excluding carboxylic acids is 1. The third-order valence-corrected chi connectivity index (χ3v) is 3.31. The Morgan fingerprint density at radius 1 is 1.26 bits per heavy atom. The van der Waals surface area contributed by atoms with Crippen molar-refractivity contribution >= 4 is 5.91 Å². The summed E-state index contributed by atoms with van der Waals surface area (Å²) in [5, 5.41) is 10.7. The van der Waals surface area contributed by atoms with Gasteiger partial charge in [0.1, 0.15) is 5.76 Å². The van der Waals surface area contributed by atoms with Crippen LogP contribution in [0, 0.1) is 6.92 Å². The van der Waals surface area contributed by atoms with Gasteiger partial charge in [-0.1, -0.05) is 6.07 Å². The number of nitrogens with one attached hydrogen (secondary N) is 1. The standard InChI is InChI=1S/C16H16N4O3/c1-11-13(7-9-22-11)16-20-19-15(23-16)6-5-14(21)18-10-12-4-2-3-8-17-12/h2-4,7-9H,5-6,10H2,1H3,(H,18,21). The van der Waals surface area contributed by atoms with Crippen LogP contribution in [-0.2, 0) is 17.8 Å². The van der Waals surface area contributed by atoms with Gasteiger partial charge in [0, 0.05) is 19.0 Å². The van der Waals surface area contributed by atoms with Crippen LogP contribution >= 0.6 is 0 Å². The molecule has 0 saturated heterocycles. The maximum absolute atomic E-state index is 11.8. The Hall–Kier alpha value is -2.96. The van der Waals surface area contributed by atoms with E-state index in [4.69, 9.17) is 8.83 Å². The summed E-state index contributed by atoms with van der Waals surface area (Å²) in [5.41, 5.74) is 1.58. The summed E-state index contributed by atoms with van der Waals surface area (Å²) in [6.45, 7) is 2.23. The second-order valence-corrected chi connectivity index (χ2v) is 4.99. The van der Waals surface area contributed by atoms with E-state index >= 15 is 0 Å². The molecule has 3 rings (SSSR count). The summed E-state index contributed by atoms with van der Waals surface area (Å²) in [7, 11) is 0. The molecular formula is C16H16N4O3. The third kappa shape index (κ3) is 3.82. The smallest absolute Gasteiger partial charge is 0.251 e. The molecule has 1 amide bonds. The minimum atomic E-state index is -0.0881. The predicted octanol–water partition coefficient (Wildman–Crippen LogP) is 2.28. The van der Waals surface area contributed by atoms with Gasteiger partial charge in [-0.25, -0.2) is 0 Å². The van der Waals surface area contributed by atoms with Gasteiger partial charge in [0.05, 0.1) is 24.1 Å². The van der Waals surface area contributed by atoms with Gasteiger partial charge in [-0.05, 0) is 25.1 Å². The molecular weight excluding hydrogens is 296 g/mol. The second kappa shape index (κ2) is 6.87. The van der Waals surface area contributed by atoms with Crippen LogP contribution in [-0.4, -0.2) is 21.1 Å². The number of aromatic nitrogens is 3. The van der Waals surface area contributed by atoms with Crippen LogP contribution in [0.5, 0.6) is 0 Å². The lowest BCUT2D eigenvalue weighted by molar-refractivity contribution is -0.121. The van der Waals surface area contributed by atoms with Crippen LogP contribution in [0.3, 0.4) is 0 Å². The summed E-state index contributed by atoms with van der Waals surface area (Å²) in [4.78, 5) is 16.0. The van der Waals surface area contributed by atoms with Gasteiger partial charge < -0.3 is 14.2 Å². The van der Waals surface area contributed by atoms with Crippen LogP contribution < -0.4 is 5.32 Å². The maximum atomic E-state index is 11.8. The molecule has 1 N–H and O–H groups in total. The topological polar surface area (TPSA) is 94.0 Å². The highest BCUT2D eigenvalue weighted by Crippen LogP contribution is 2.22. The van der Waals surface area contributed by atoms with Gasteiger partial charge in [0.2, 0.25) is 11.8 Å². The zero-order valence-corrected chi connectivity index (χ0v) is 12.7. The van der Waals surface area contributed by atoms with Gasteiger partial charge in [-0.15, -0.1) is 10.2 Å². The normalized spacial score (nSPS) is 10.7. The van der Waals surface area contributed by atoms with E-state index in [1.807, 2.05) is 25.1 Å². The molecule has 3 aromatic heterocycles. The highest BCUT2D eigenvalue weighted by atomic mass is 16.4. The zero-order chi connectivity index (χ0) is 16.1. The maximum Gasteiger partial charge on any atom is 0.251 e. The van der Waals surface area contributed by atoms with E-state index in [9.17, 15) is 4.79 Å². The molecule has 7 heteroatoms. The molecule has 7 nitrogen and oxygen atoms in total. The average Bonchev–Trinajstić information content (AvgIpc) is 3.20. The molecule has 0 aromatic carbocycles. The van der Waals surface area contributed by atoms with Crippen molar-refractivity contribution < 1.29 is 13.6 Å². The van der Waals surface area contributed by atoms with Crippen LogP contribution in [0.25, 0.3) is 11.5 Å². The van der Waals surface area contributed by atoms with Crippen LogP contribution in [0.4, 0.5) is 0 Å². The van der Waals surface area contributed by atoms with Gasteiger partial charge >= 0.3 is 0 Å². The Kier molecular flexibility index (Phi) is 4.46. The fraction of sp³-hybridized carbons (Fsp3) is 0.250. The number of hydrogen-bond acceptors (Lipinski definition) is 6. The number of nitrogens with zero attached hydrogens (tertiary/aromatic N) is 3. The summed E-state index contributed by atoms with van der Waals surface area (Å²) in [5.74, 6) is 1.46. The fourth-order valence-corrected chi connectivity index (χ4v) is 2.07. The van der Waals surface area contributed by atoms with Crippen LogP contribution in [0.15, 0.2) is 45.6 Å². The zero-order valence-electron chi connectivity index (χ0n) is 12.7. The van der Waals surface area contributed by atoms with Crippen molar-refractivity contribution in [3.05, 3.63) is 54.1 Å². The summed E-state index contributed by atoms with van der Waals surface area (Å²) >= 11 is 0. The first kappa shape index (κ1) is 15.0. The SMILES string of the molecule is Cc1occc1-c1nnc(CCC(=O)NCc2ccccn2)o1. The molecule has 0 fully saturated rings. The molecule has 0 aliphatic rings. The van der Waals surface area contributed by atoms with Crippen molar-refractivity contribution in [3.63, 3.8) is 0 Å². The van der Waals surface area contributed by atoms with Crippen LogP contribution in [0.1, 0.15) is 23.8 Å². The van der Waals surface area contributed by atoms with Crippen molar-refractivity contribution in [2.24, 2.45) is 0 Å². The van der Waals surface area contributed by atoms with Gasteiger partial charge in [0.25, 0.3) is 5.89 Å². The molecule has 0 unspecified atom stereocenters. The first-order valence-corrected chi connectivity index (χ1v) is 7.26. The highest BCUT2D eigenvalue weighted by molar-refractivity contribution is 5.75. The van der Waals surface area contributed by atoms with E-state index in [2.05, 4.69) is 20.5 Å². The quantitative estimate of drug-likeness (QED) is 0.750. The Labute approximate surface area is 132 Å². The summed E-state index contributed by atoms with van der Waals surface area (Å²) in [6.07, 6.45) is 3.93. The Balaban J connectivity index is 1.50. The van der Waals surface area contributed by atoms with Crippen molar-refractivity contribution in [1.29, 1.82) is 0 Å². The lowest BCUT2D eigenvalue weighted by Crippen LogP contribution is -2.23. The number of rotatable bonds is 6. The van der Waals surface area contributed by atoms with E-state index in [0.29, 0.717) is 30.5 Å². The molecule has 0 spiro atoms. The van der Waals surface area contributed by atoms with Crippen molar-refractivity contribution in [2.75, 3.05) is 0 Å². The molecule has 3 aromatic rings. The molecule has 3 heterocycles. The van der Waals surface area contributed by atoms with E-state index in [0.717, 1.165) is 11.3 Å². The third-order valence-electron chi connectivity index (χ3n) is 3.31. The van der Waals surface area contributed by atoms with Crippen molar-refractivity contribution in [1.82, 2.24) is 20.5 Å². The Bertz CT molecular complexity index is 779. The molecule has 23 heavy (non-hydrogen) atoms. The van der Waals surface area contributed by atoms with Gasteiger partial charge in [-0.3, -0.25) is 9.78 Å². The molecule has 0 radical (unpaired) electrons. The second-order valence-electron chi connectivity index (χ2n) is 4.99. The van der Waals surface area contributed by atoms with Gasteiger partial charge in [-0.2, -0.15) is 0 Å². The van der Waals surface area contributed by atoms with Crippen molar-refractivity contribution in [3.8, 4) is 11.5 Å². The number of aryl methyl sites for hydroxylation is 2. The number of pyridine rings is 1. The van der Waals surface area contributed by atoms with Crippen LogP contribution in [0.2, 0.25) is 0 Å². The van der Waals surface area contributed by atoms with E-state index < -0.39 is 0 Å². The first-order valence-electron chi connectivity index (χ1n) is 7.26. The van der Waals surface area contributed by atoms with E-state index in [1.165, 1.54) is 0 Å². The molecule has 0 aliphatic heterocycles. The first-order chi connectivity index (χ1) is 11.2. The molecule has 0 atom stereocenters. The Morgan fingerprint density at radius 2 is 2.17 bits per heavy atom. The lowest BCUT2D eigenvalue weighted by Gasteiger charge is -2.03. The number of amides is 1.